The standard InChI is InChI=1S/C11H10N2/c1-3-7-12-9-13-11-6-4-5-10(2)8-11/h1,4-6,8H,7H2,2H3. The third-order valence-corrected chi connectivity index (χ3v) is 1.42. The Labute approximate surface area is 78.0 Å². The van der Waals surface area contributed by atoms with Gasteiger partial charge in [-0.2, -0.15) is 4.99 Å². The molecule has 0 atom stereocenters. The van der Waals surface area contributed by atoms with Crippen molar-refractivity contribution >= 4 is 11.7 Å². The molecule has 1 aromatic rings. The Hall–Kier alpha value is -1.84. The smallest absolute Gasteiger partial charge is 0.110 e. The molecule has 0 saturated carbocycles. The minimum atomic E-state index is 0.329. The number of terminal acetylenes is 1. The Kier molecular flexibility index (Phi) is 3.50. The zero-order valence-electron chi connectivity index (χ0n) is 7.49. The Morgan fingerprint density at radius 3 is 3.00 bits per heavy atom. The van der Waals surface area contributed by atoms with Crippen molar-refractivity contribution in [3.63, 3.8) is 0 Å². The largest absolute Gasteiger partial charge is 0.212 e. The minimum absolute atomic E-state index is 0.329. The summed E-state index contributed by atoms with van der Waals surface area (Å²) >= 11 is 0. The molecule has 1 rings (SSSR count). The monoisotopic (exact) mass is 170 g/mol. The first-order valence-corrected chi connectivity index (χ1v) is 3.95. The minimum Gasteiger partial charge on any atom is -0.212 e. The van der Waals surface area contributed by atoms with E-state index in [0.717, 1.165) is 5.69 Å². The Morgan fingerprint density at radius 1 is 1.46 bits per heavy atom. The molecule has 13 heavy (non-hydrogen) atoms. The number of nitrogens with zero attached hydrogens (tertiary/aromatic N) is 2. The third-order valence-electron chi connectivity index (χ3n) is 1.42. The average Bonchev–Trinajstić information content (AvgIpc) is 2.13. The molecule has 0 unspecified atom stereocenters. The van der Waals surface area contributed by atoms with Crippen molar-refractivity contribution < 1.29 is 0 Å². The van der Waals surface area contributed by atoms with E-state index in [0.29, 0.717) is 6.54 Å². The number of aryl methyl sites for hydroxylation is 1. The van der Waals surface area contributed by atoms with Gasteiger partial charge in [0.15, 0.2) is 0 Å². The molecule has 0 aliphatic heterocycles. The average molecular weight is 170 g/mol. The number of benzene rings is 1. The van der Waals surface area contributed by atoms with E-state index >= 15 is 0 Å². The summed E-state index contributed by atoms with van der Waals surface area (Å²) in [4.78, 5) is 7.75. The van der Waals surface area contributed by atoms with Gasteiger partial charge in [0.1, 0.15) is 6.54 Å². The summed E-state index contributed by atoms with van der Waals surface area (Å²) in [6.07, 6.45) is 5.01. The quantitative estimate of drug-likeness (QED) is 0.481. The van der Waals surface area contributed by atoms with Crippen LogP contribution in [-0.4, -0.2) is 12.6 Å². The fraction of sp³-hybridized carbons (Fsp3) is 0.182. The molecular formula is C11H10N2. The van der Waals surface area contributed by atoms with E-state index in [1.807, 2.05) is 31.2 Å². The fourth-order valence-electron chi connectivity index (χ4n) is 0.872. The normalized spacial score (nSPS) is 8.31. The molecule has 0 aliphatic carbocycles. The first-order chi connectivity index (χ1) is 6.33. The molecule has 2 heteroatoms. The molecule has 0 radical (unpaired) electrons. The second-order valence-corrected chi connectivity index (χ2v) is 2.57. The maximum Gasteiger partial charge on any atom is 0.110 e. The van der Waals surface area contributed by atoms with E-state index in [4.69, 9.17) is 6.42 Å². The van der Waals surface area contributed by atoms with E-state index < -0.39 is 0 Å². The molecule has 0 saturated heterocycles. The van der Waals surface area contributed by atoms with Crippen LogP contribution < -0.4 is 0 Å². The van der Waals surface area contributed by atoms with Gasteiger partial charge in [-0.3, -0.25) is 0 Å². The molecule has 0 amide bonds. The summed E-state index contributed by atoms with van der Waals surface area (Å²) < 4.78 is 0. The Morgan fingerprint density at radius 2 is 2.31 bits per heavy atom. The first-order valence-electron chi connectivity index (χ1n) is 3.95. The van der Waals surface area contributed by atoms with Gasteiger partial charge in [0, 0.05) is 0 Å². The molecule has 0 spiro atoms. The highest BCUT2D eigenvalue weighted by Gasteiger charge is 1.86. The highest BCUT2D eigenvalue weighted by Crippen LogP contribution is 2.11. The van der Waals surface area contributed by atoms with Crippen molar-refractivity contribution in [2.75, 3.05) is 6.54 Å². The van der Waals surface area contributed by atoms with Gasteiger partial charge in [0.05, 0.1) is 11.7 Å². The van der Waals surface area contributed by atoms with Crippen molar-refractivity contribution in [2.45, 2.75) is 6.92 Å². The lowest BCUT2D eigenvalue weighted by Crippen LogP contribution is -1.70. The van der Waals surface area contributed by atoms with Crippen LogP contribution in [0.4, 0.5) is 5.69 Å². The van der Waals surface area contributed by atoms with E-state index in [1.165, 1.54) is 5.56 Å². The van der Waals surface area contributed by atoms with Crippen molar-refractivity contribution in [1.82, 2.24) is 0 Å². The summed E-state index contributed by atoms with van der Waals surface area (Å²) in [5.41, 5.74) is 2.01. The van der Waals surface area contributed by atoms with E-state index in [9.17, 15) is 0 Å². The van der Waals surface area contributed by atoms with Gasteiger partial charge in [-0.15, -0.1) is 6.42 Å². The Balaban J connectivity index is 2.75. The second kappa shape index (κ2) is 4.92. The second-order valence-electron chi connectivity index (χ2n) is 2.57. The Bertz CT molecular complexity index is 379. The maximum absolute atomic E-state index is 5.01. The number of rotatable bonds is 2. The summed E-state index contributed by atoms with van der Waals surface area (Å²) in [6.45, 7) is 2.34. The number of aliphatic imine (C=N–C) groups is 2. The molecule has 0 fully saturated rings. The van der Waals surface area contributed by atoms with Gasteiger partial charge in [-0.25, -0.2) is 4.99 Å². The van der Waals surface area contributed by atoms with E-state index in [-0.39, 0.29) is 0 Å². The first kappa shape index (κ1) is 9.25. The molecule has 2 nitrogen and oxygen atoms in total. The van der Waals surface area contributed by atoms with Gasteiger partial charge in [0.2, 0.25) is 0 Å². The lowest BCUT2D eigenvalue weighted by atomic mass is 10.2. The fourth-order valence-corrected chi connectivity index (χ4v) is 0.872. The van der Waals surface area contributed by atoms with Gasteiger partial charge < -0.3 is 0 Å². The van der Waals surface area contributed by atoms with Crippen LogP contribution in [0.25, 0.3) is 0 Å². The molecular weight excluding hydrogens is 160 g/mol. The molecule has 64 valence electrons. The zero-order valence-corrected chi connectivity index (χ0v) is 7.49. The topological polar surface area (TPSA) is 24.7 Å². The summed E-state index contributed by atoms with van der Waals surface area (Å²) in [5.74, 6) is 2.38. The van der Waals surface area contributed by atoms with Crippen molar-refractivity contribution in [2.24, 2.45) is 9.98 Å². The van der Waals surface area contributed by atoms with Gasteiger partial charge in [0.25, 0.3) is 0 Å². The lowest BCUT2D eigenvalue weighted by Gasteiger charge is -1.91. The van der Waals surface area contributed by atoms with Crippen LogP contribution in [0.5, 0.6) is 0 Å². The molecule has 0 bridgehead atoms. The van der Waals surface area contributed by atoms with Crippen LogP contribution in [0, 0.1) is 19.3 Å². The van der Waals surface area contributed by atoms with Crippen LogP contribution in [0.3, 0.4) is 0 Å². The summed E-state index contributed by atoms with van der Waals surface area (Å²) in [6, 6.07) is 10.3. The van der Waals surface area contributed by atoms with Gasteiger partial charge >= 0.3 is 0 Å². The highest BCUT2D eigenvalue weighted by atomic mass is 14.8. The molecule has 0 heterocycles. The van der Waals surface area contributed by atoms with Crippen LogP contribution >= 0.6 is 0 Å². The summed E-state index contributed by atoms with van der Waals surface area (Å²) in [7, 11) is 0. The molecule has 0 aliphatic rings. The van der Waals surface area contributed by atoms with Crippen LogP contribution in [0.15, 0.2) is 34.3 Å². The number of hydrogen-bond donors (Lipinski definition) is 0. The van der Waals surface area contributed by atoms with E-state index in [2.05, 4.69) is 21.9 Å². The predicted molar refractivity (Wildman–Crippen MR) is 54.4 cm³/mol. The molecule has 0 aromatic heterocycles. The van der Waals surface area contributed by atoms with Crippen molar-refractivity contribution in [3.8, 4) is 12.3 Å². The molecule has 0 N–H and O–H groups in total. The van der Waals surface area contributed by atoms with Gasteiger partial charge in [-0.1, -0.05) is 18.1 Å². The lowest BCUT2D eigenvalue weighted by molar-refractivity contribution is 1.30. The summed E-state index contributed by atoms with van der Waals surface area (Å²) in [5, 5.41) is 0. The van der Waals surface area contributed by atoms with Crippen LogP contribution in [0.1, 0.15) is 5.56 Å². The van der Waals surface area contributed by atoms with Gasteiger partial charge in [-0.05, 0) is 24.6 Å². The van der Waals surface area contributed by atoms with Crippen LogP contribution in [-0.2, 0) is 0 Å². The zero-order chi connectivity index (χ0) is 9.52. The number of hydrogen-bond acceptors (Lipinski definition) is 2. The third kappa shape index (κ3) is 3.37. The predicted octanol–water partition coefficient (Wildman–Crippen LogP) is 2.43. The van der Waals surface area contributed by atoms with E-state index in [1.54, 1.807) is 0 Å². The maximum atomic E-state index is 5.01. The van der Waals surface area contributed by atoms with Crippen molar-refractivity contribution in [1.29, 1.82) is 0 Å². The van der Waals surface area contributed by atoms with Crippen LogP contribution in [0.2, 0.25) is 0 Å². The SMILES string of the molecule is C#CCN=C=Nc1cccc(C)c1. The van der Waals surface area contributed by atoms with Crippen molar-refractivity contribution in [3.05, 3.63) is 29.8 Å². The highest BCUT2D eigenvalue weighted by molar-refractivity contribution is 5.53. The molecule has 1 aromatic carbocycles.